The lowest BCUT2D eigenvalue weighted by Gasteiger charge is -2.42. The van der Waals surface area contributed by atoms with E-state index in [1.165, 1.54) is 19.3 Å². The molecule has 0 bridgehead atoms. The molecule has 0 unspecified atom stereocenters. The van der Waals surface area contributed by atoms with Crippen molar-refractivity contribution < 1.29 is 9.47 Å². The molecule has 0 atom stereocenters. The lowest BCUT2D eigenvalue weighted by Crippen LogP contribution is -2.46. The Morgan fingerprint density at radius 2 is 2.21 bits per heavy atom. The van der Waals surface area contributed by atoms with Gasteiger partial charge < -0.3 is 20.1 Å². The van der Waals surface area contributed by atoms with Gasteiger partial charge >= 0.3 is 0 Å². The highest BCUT2D eigenvalue weighted by Gasteiger charge is 2.36. The first-order valence-electron chi connectivity index (χ1n) is 8.73. The van der Waals surface area contributed by atoms with E-state index in [0.717, 1.165) is 31.1 Å². The van der Waals surface area contributed by atoms with Crippen LogP contribution in [0.2, 0.25) is 0 Å². The number of guanidine groups is 1. The quantitative estimate of drug-likeness (QED) is 0.536. The van der Waals surface area contributed by atoms with E-state index in [4.69, 9.17) is 9.47 Å². The minimum atomic E-state index is 0.360. The molecule has 1 aromatic heterocycles. The maximum Gasteiger partial charge on any atom is 0.218 e. The fourth-order valence-corrected chi connectivity index (χ4v) is 3.01. The van der Waals surface area contributed by atoms with Crippen molar-refractivity contribution in [2.75, 3.05) is 33.9 Å². The predicted molar refractivity (Wildman–Crippen MR) is 96.4 cm³/mol. The monoisotopic (exact) mass is 334 g/mol. The molecule has 0 aromatic carbocycles. The molecule has 134 valence electrons. The van der Waals surface area contributed by atoms with E-state index < -0.39 is 0 Å². The smallest absolute Gasteiger partial charge is 0.218 e. The van der Waals surface area contributed by atoms with Gasteiger partial charge in [-0.1, -0.05) is 12.5 Å². The number of rotatable bonds is 9. The van der Waals surface area contributed by atoms with E-state index in [1.807, 2.05) is 19.1 Å². The number of hydrogen-bond acceptors (Lipinski definition) is 4. The van der Waals surface area contributed by atoms with Crippen molar-refractivity contribution in [1.82, 2.24) is 15.6 Å². The second kappa shape index (κ2) is 9.47. The predicted octanol–water partition coefficient (Wildman–Crippen LogP) is 2.35. The molecule has 6 nitrogen and oxygen atoms in total. The van der Waals surface area contributed by atoms with Crippen molar-refractivity contribution in [1.29, 1.82) is 0 Å². The number of ether oxygens (including phenoxy) is 2. The van der Waals surface area contributed by atoms with Crippen LogP contribution in [0.15, 0.2) is 23.3 Å². The van der Waals surface area contributed by atoms with E-state index in [2.05, 4.69) is 20.6 Å². The molecule has 2 N–H and O–H groups in total. The first kappa shape index (κ1) is 18.5. The van der Waals surface area contributed by atoms with Gasteiger partial charge in [-0.3, -0.25) is 4.99 Å². The topological polar surface area (TPSA) is 67.8 Å². The van der Waals surface area contributed by atoms with Crippen molar-refractivity contribution in [2.24, 2.45) is 10.4 Å². The summed E-state index contributed by atoms with van der Waals surface area (Å²) >= 11 is 0. The van der Waals surface area contributed by atoms with Crippen LogP contribution < -0.4 is 15.4 Å². The number of pyridine rings is 1. The van der Waals surface area contributed by atoms with Gasteiger partial charge in [-0.15, -0.1) is 0 Å². The first-order chi connectivity index (χ1) is 11.7. The molecule has 1 heterocycles. The van der Waals surface area contributed by atoms with Gasteiger partial charge in [-0.05, 0) is 37.7 Å². The number of hydrogen-bond donors (Lipinski definition) is 2. The SMILES string of the molecule is CCOc1ncccc1CNC(=NC)NCC1(CCOC)CCC1. The van der Waals surface area contributed by atoms with Gasteiger partial charge in [0, 0.05) is 45.6 Å². The Morgan fingerprint density at radius 1 is 1.38 bits per heavy atom. The molecule has 6 heteroatoms. The molecule has 0 aliphatic heterocycles. The number of nitrogens with zero attached hydrogens (tertiary/aromatic N) is 2. The summed E-state index contributed by atoms with van der Waals surface area (Å²) in [4.78, 5) is 8.60. The Bertz CT molecular complexity index is 530. The van der Waals surface area contributed by atoms with Crippen LogP contribution in [0.3, 0.4) is 0 Å². The summed E-state index contributed by atoms with van der Waals surface area (Å²) in [6.07, 6.45) is 6.68. The van der Waals surface area contributed by atoms with Crippen LogP contribution in [-0.2, 0) is 11.3 Å². The van der Waals surface area contributed by atoms with Gasteiger partial charge in [0.15, 0.2) is 5.96 Å². The first-order valence-corrected chi connectivity index (χ1v) is 8.73. The van der Waals surface area contributed by atoms with Crippen LogP contribution in [0, 0.1) is 5.41 Å². The molecule has 2 rings (SSSR count). The van der Waals surface area contributed by atoms with Crippen molar-refractivity contribution in [3.05, 3.63) is 23.9 Å². The Morgan fingerprint density at radius 3 is 2.83 bits per heavy atom. The molecule has 0 spiro atoms. The molecule has 1 aliphatic rings. The molecular weight excluding hydrogens is 304 g/mol. The summed E-state index contributed by atoms with van der Waals surface area (Å²) in [6, 6.07) is 3.94. The van der Waals surface area contributed by atoms with E-state index in [9.17, 15) is 0 Å². The van der Waals surface area contributed by atoms with E-state index in [0.29, 0.717) is 24.4 Å². The van der Waals surface area contributed by atoms with Crippen molar-refractivity contribution in [3.63, 3.8) is 0 Å². The van der Waals surface area contributed by atoms with Crippen LogP contribution in [0.1, 0.15) is 38.2 Å². The summed E-state index contributed by atoms with van der Waals surface area (Å²) in [6.45, 7) is 4.96. The van der Waals surface area contributed by atoms with Gasteiger partial charge in [-0.2, -0.15) is 0 Å². The third-order valence-corrected chi connectivity index (χ3v) is 4.68. The Balaban J connectivity index is 1.84. The van der Waals surface area contributed by atoms with Crippen molar-refractivity contribution in [2.45, 2.75) is 39.2 Å². The van der Waals surface area contributed by atoms with Gasteiger partial charge in [0.25, 0.3) is 0 Å². The Labute approximate surface area is 145 Å². The minimum Gasteiger partial charge on any atom is -0.478 e. The van der Waals surface area contributed by atoms with Crippen molar-refractivity contribution >= 4 is 5.96 Å². The summed E-state index contributed by atoms with van der Waals surface area (Å²) < 4.78 is 10.8. The standard InChI is InChI=1S/C18H30N4O2/c1-4-24-16-15(7-5-11-20-16)13-21-17(19-2)22-14-18(8-6-9-18)10-12-23-3/h5,7,11H,4,6,8-10,12-14H2,1-3H3,(H2,19,21,22). The summed E-state index contributed by atoms with van der Waals surface area (Å²) in [5.74, 6) is 1.49. The zero-order chi connectivity index (χ0) is 17.3. The highest BCUT2D eigenvalue weighted by molar-refractivity contribution is 5.79. The van der Waals surface area contributed by atoms with Gasteiger partial charge in [-0.25, -0.2) is 4.98 Å². The number of methoxy groups -OCH3 is 1. The summed E-state index contributed by atoms with van der Waals surface area (Å²) in [5.41, 5.74) is 1.39. The average molecular weight is 334 g/mol. The van der Waals surface area contributed by atoms with Crippen LogP contribution in [0.4, 0.5) is 0 Å². The third-order valence-electron chi connectivity index (χ3n) is 4.68. The normalized spacial score (nSPS) is 16.4. The molecule has 1 fully saturated rings. The Kier molecular flexibility index (Phi) is 7.31. The highest BCUT2D eigenvalue weighted by atomic mass is 16.5. The number of aliphatic imine (C=N–C) groups is 1. The largest absolute Gasteiger partial charge is 0.478 e. The summed E-state index contributed by atoms with van der Waals surface area (Å²) in [7, 11) is 3.56. The van der Waals surface area contributed by atoms with Gasteiger partial charge in [0.05, 0.1) is 6.61 Å². The lowest BCUT2D eigenvalue weighted by molar-refractivity contribution is 0.0732. The van der Waals surface area contributed by atoms with E-state index >= 15 is 0 Å². The second-order valence-electron chi connectivity index (χ2n) is 6.28. The maximum absolute atomic E-state index is 5.56. The molecule has 1 saturated carbocycles. The lowest BCUT2D eigenvalue weighted by atomic mass is 9.67. The third kappa shape index (κ3) is 5.09. The van der Waals surface area contributed by atoms with Crippen LogP contribution in [0.5, 0.6) is 5.88 Å². The Hall–Kier alpha value is -1.82. The zero-order valence-electron chi connectivity index (χ0n) is 15.1. The van der Waals surface area contributed by atoms with Crippen LogP contribution in [-0.4, -0.2) is 44.9 Å². The second-order valence-corrected chi connectivity index (χ2v) is 6.28. The van der Waals surface area contributed by atoms with Crippen molar-refractivity contribution in [3.8, 4) is 5.88 Å². The summed E-state index contributed by atoms with van der Waals surface area (Å²) in [5, 5.41) is 6.81. The minimum absolute atomic E-state index is 0.360. The van der Waals surface area contributed by atoms with E-state index in [-0.39, 0.29) is 0 Å². The fraction of sp³-hybridized carbons (Fsp3) is 0.667. The molecule has 1 aliphatic carbocycles. The van der Waals surface area contributed by atoms with Crippen LogP contribution in [0.25, 0.3) is 0 Å². The molecular formula is C18H30N4O2. The molecule has 24 heavy (non-hydrogen) atoms. The van der Waals surface area contributed by atoms with Crippen LogP contribution >= 0.6 is 0 Å². The average Bonchev–Trinajstić information content (AvgIpc) is 2.57. The molecule has 1 aromatic rings. The number of aromatic nitrogens is 1. The maximum atomic E-state index is 5.56. The van der Waals surface area contributed by atoms with E-state index in [1.54, 1.807) is 20.4 Å². The molecule has 0 saturated heterocycles. The highest BCUT2D eigenvalue weighted by Crippen LogP contribution is 2.43. The zero-order valence-corrected chi connectivity index (χ0v) is 15.1. The van der Waals surface area contributed by atoms with Gasteiger partial charge in [0.2, 0.25) is 5.88 Å². The van der Waals surface area contributed by atoms with Gasteiger partial charge in [0.1, 0.15) is 0 Å². The molecule has 0 amide bonds. The number of nitrogens with one attached hydrogen (secondary N) is 2. The molecule has 0 radical (unpaired) electrons. The fourth-order valence-electron chi connectivity index (χ4n) is 3.01.